The molecule has 1 aromatic carbocycles. The van der Waals surface area contributed by atoms with Crippen molar-refractivity contribution in [3.05, 3.63) is 34.9 Å². The molecule has 3 nitrogen and oxygen atoms in total. The fourth-order valence-corrected chi connectivity index (χ4v) is 4.51. The molecule has 1 fully saturated rings. The fourth-order valence-electron chi connectivity index (χ4n) is 2.73. The Balaban J connectivity index is 2.02. The van der Waals surface area contributed by atoms with Crippen LogP contribution in [0.3, 0.4) is 0 Å². The average molecular weight is 281 g/mol. The normalized spacial score (nSPS) is 23.4. The van der Waals surface area contributed by atoms with Crippen LogP contribution in [0.1, 0.15) is 42.5 Å². The summed E-state index contributed by atoms with van der Waals surface area (Å²) in [5, 5.41) is 3.19. The molecule has 0 saturated carbocycles. The number of sulfone groups is 1. The molecule has 2 atom stereocenters. The maximum Gasteiger partial charge on any atom is 0.154 e. The van der Waals surface area contributed by atoms with Crippen LogP contribution in [-0.2, 0) is 9.84 Å². The minimum atomic E-state index is -2.85. The van der Waals surface area contributed by atoms with Crippen molar-refractivity contribution in [2.24, 2.45) is 0 Å². The molecular formula is C15H23NO2S. The summed E-state index contributed by atoms with van der Waals surface area (Å²) in [7, 11) is -2.85. The zero-order chi connectivity index (χ0) is 14.0. The van der Waals surface area contributed by atoms with E-state index in [1.54, 1.807) is 0 Å². The molecule has 19 heavy (non-hydrogen) atoms. The predicted molar refractivity (Wildman–Crippen MR) is 79.1 cm³/mol. The second kappa shape index (κ2) is 5.63. The number of hydrogen-bond acceptors (Lipinski definition) is 3. The Labute approximate surface area is 116 Å². The van der Waals surface area contributed by atoms with Crippen LogP contribution in [-0.4, -0.2) is 26.0 Å². The quantitative estimate of drug-likeness (QED) is 0.922. The highest BCUT2D eigenvalue weighted by Crippen LogP contribution is 2.22. The van der Waals surface area contributed by atoms with Gasteiger partial charge < -0.3 is 5.32 Å². The second-order valence-electron chi connectivity index (χ2n) is 5.62. The summed E-state index contributed by atoms with van der Waals surface area (Å²) in [5.41, 5.74) is 3.75. The van der Waals surface area contributed by atoms with Crippen molar-refractivity contribution in [2.45, 2.75) is 44.9 Å². The number of rotatable bonds is 4. The fraction of sp³-hybridized carbons (Fsp3) is 0.600. The lowest BCUT2D eigenvalue weighted by Crippen LogP contribution is -2.32. The summed E-state index contributed by atoms with van der Waals surface area (Å²) in [6.45, 7) is 6.84. The van der Waals surface area contributed by atoms with Gasteiger partial charge in [-0.05, 0) is 44.7 Å². The number of aryl methyl sites for hydroxylation is 2. The lowest BCUT2D eigenvalue weighted by molar-refractivity contribution is 0.537. The second-order valence-corrected chi connectivity index (χ2v) is 8.02. The van der Waals surface area contributed by atoms with Crippen LogP contribution in [0.4, 0.5) is 0 Å². The van der Waals surface area contributed by atoms with E-state index in [1.165, 1.54) is 16.7 Å². The molecule has 2 unspecified atom stereocenters. The van der Waals surface area contributed by atoms with Gasteiger partial charge in [0.05, 0.1) is 11.0 Å². The first-order valence-electron chi connectivity index (χ1n) is 6.92. The molecule has 4 heteroatoms. The number of hydrogen-bond donors (Lipinski definition) is 1. The van der Waals surface area contributed by atoms with Crippen molar-refractivity contribution >= 4 is 9.84 Å². The minimum Gasteiger partial charge on any atom is -0.309 e. The summed E-state index contributed by atoms with van der Waals surface area (Å²) in [5.74, 6) is 0.358. The largest absolute Gasteiger partial charge is 0.309 e. The molecule has 1 N–H and O–H groups in total. The molecule has 1 aromatic rings. The first-order valence-corrected chi connectivity index (χ1v) is 8.64. The lowest BCUT2D eigenvalue weighted by atomic mass is 10.00. The summed E-state index contributed by atoms with van der Waals surface area (Å²) < 4.78 is 23.6. The Bertz CT molecular complexity index is 551. The molecule has 0 spiro atoms. The molecule has 1 saturated heterocycles. The third kappa shape index (κ3) is 3.37. The molecule has 0 aliphatic carbocycles. The van der Waals surface area contributed by atoms with Gasteiger partial charge in [0.1, 0.15) is 0 Å². The van der Waals surface area contributed by atoms with Crippen LogP contribution in [0.25, 0.3) is 0 Å². The highest BCUT2D eigenvalue weighted by Gasteiger charge is 2.31. The SMILES string of the molecule is Cc1ccc(C)c(C(C)NCC2CCCS2(=O)=O)c1. The standard InChI is InChI=1S/C15H23NO2S/c1-11-6-7-12(2)15(9-11)13(3)16-10-14-5-4-8-19(14,17)18/h6-7,9,13-14,16H,4-5,8,10H2,1-3H3. The van der Waals surface area contributed by atoms with Crippen molar-refractivity contribution in [1.29, 1.82) is 0 Å². The molecule has 106 valence electrons. The summed E-state index contributed by atoms with van der Waals surface area (Å²) in [4.78, 5) is 0. The number of nitrogens with one attached hydrogen (secondary N) is 1. The first-order chi connectivity index (χ1) is 8.90. The van der Waals surface area contributed by atoms with Crippen LogP contribution in [0.5, 0.6) is 0 Å². The Morgan fingerprint density at radius 2 is 2.11 bits per heavy atom. The van der Waals surface area contributed by atoms with Crippen LogP contribution in [0.2, 0.25) is 0 Å². The van der Waals surface area contributed by atoms with Gasteiger partial charge in [-0.15, -0.1) is 0 Å². The topological polar surface area (TPSA) is 46.2 Å². The van der Waals surface area contributed by atoms with E-state index in [0.29, 0.717) is 12.3 Å². The van der Waals surface area contributed by atoms with Crippen LogP contribution >= 0.6 is 0 Å². The van der Waals surface area contributed by atoms with Crippen LogP contribution in [0.15, 0.2) is 18.2 Å². The average Bonchev–Trinajstić information content (AvgIpc) is 2.68. The maximum atomic E-state index is 11.8. The summed E-state index contributed by atoms with van der Waals surface area (Å²) in [6.07, 6.45) is 1.61. The molecule has 1 aliphatic heterocycles. The Hall–Kier alpha value is -0.870. The van der Waals surface area contributed by atoms with E-state index in [9.17, 15) is 8.42 Å². The molecular weight excluding hydrogens is 258 g/mol. The molecule has 0 amide bonds. The highest BCUT2D eigenvalue weighted by molar-refractivity contribution is 7.92. The van der Waals surface area contributed by atoms with Gasteiger partial charge in [-0.1, -0.05) is 23.8 Å². The van der Waals surface area contributed by atoms with Crippen LogP contribution in [0, 0.1) is 13.8 Å². The molecule has 1 aliphatic rings. The van der Waals surface area contributed by atoms with Crippen molar-refractivity contribution in [3.8, 4) is 0 Å². The number of benzene rings is 1. The van der Waals surface area contributed by atoms with E-state index in [4.69, 9.17) is 0 Å². The van der Waals surface area contributed by atoms with Gasteiger partial charge in [0.15, 0.2) is 9.84 Å². The molecule has 0 bridgehead atoms. The van der Waals surface area contributed by atoms with Gasteiger partial charge in [-0.2, -0.15) is 0 Å². The minimum absolute atomic E-state index is 0.190. The van der Waals surface area contributed by atoms with E-state index in [-0.39, 0.29) is 11.3 Å². The van der Waals surface area contributed by atoms with Gasteiger partial charge in [0.2, 0.25) is 0 Å². The monoisotopic (exact) mass is 281 g/mol. The Kier molecular flexibility index (Phi) is 4.31. The highest BCUT2D eigenvalue weighted by atomic mass is 32.2. The van der Waals surface area contributed by atoms with E-state index in [2.05, 4.69) is 44.3 Å². The van der Waals surface area contributed by atoms with Crippen molar-refractivity contribution < 1.29 is 8.42 Å². The van der Waals surface area contributed by atoms with Crippen molar-refractivity contribution in [1.82, 2.24) is 5.32 Å². The van der Waals surface area contributed by atoms with E-state index >= 15 is 0 Å². The van der Waals surface area contributed by atoms with Crippen LogP contribution < -0.4 is 5.32 Å². The molecule has 1 heterocycles. The first kappa shape index (κ1) is 14.5. The van der Waals surface area contributed by atoms with Gasteiger partial charge in [0, 0.05) is 12.6 Å². The van der Waals surface area contributed by atoms with Gasteiger partial charge in [-0.25, -0.2) is 8.42 Å². The maximum absolute atomic E-state index is 11.8. The Morgan fingerprint density at radius 1 is 1.37 bits per heavy atom. The smallest absolute Gasteiger partial charge is 0.154 e. The Morgan fingerprint density at radius 3 is 2.74 bits per heavy atom. The molecule has 2 rings (SSSR count). The van der Waals surface area contributed by atoms with E-state index in [1.807, 2.05) is 0 Å². The van der Waals surface area contributed by atoms with E-state index in [0.717, 1.165) is 12.8 Å². The van der Waals surface area contributed by atoms with Gasteiger partial charge in [0.25, 0.3) is 0 Å². The summed E-state index contributed by atoms with van der Waals surface area (Å²) in [6, 6.07) is 6.59. The predicted octanol–water partition coefficient (Wildman–Crippen LogP) is 2.53. The van der Waals surface area contributed by atoms with Crippen molar-refractivity contribution in [2.75, 3.05) is 12.3 Å². The summed E-state index contributed by atoms with van der Waals surface area (Å²) >= 11 is 0. The molecule has 0 radical (unpaired) electrons. The third-order valence-corrected chi connectivity index (χ3v) is 6.29. The zero-order valence-electron chi connectivity index (χ0n) is 11.9. The lowest BCUT2D eigenvalue weighted by Gasteiger charge is -2.19. The third-order valence-electron chi connectivity index (χ3n) is 4.02. The zero-order valence-corrected chi connectivity index (χ0v) is 12.8. The molecule has 0 aromatic heterocycles. The van der Waals surface area contributed by atoms with Gasteiger partial charge >= 0.3 is 0 Å². The van der Waals surface area contributed by atoms with Gasteiger partial charge in [-0.3, -0.25) is 0 Å². The van der Waals surface area contributed by atoms with E-state index < -0.39 is 9.84 Å². The van der Waals surface area contributed by atoms with Crippen molar-refractivity contribution in [3.63, 3.8) is 0 Å².